The lowest BCUT2D eigenvalue weighted by Crippen LogP contribution is -2.09. The summed E-state index contributed by atoms with van der Waals surface area (Å²) in [6.45, 7) is 2.12. The van der Waals surface area contributed by atoms with Gasteiger partial charge in [0.1, 0.15) is 0 Å². The fourth-order valence-corrected chi connectivity index (χ4v) is 5.39. The van der Waals surface area contributed by atoms with E-state index in [1.54, 1.807) is 0 Å². The maximum atomic E-state index is 3.52. The molecule has 0 bridgehead atoms. The number of hydrogen-bond acceptors (Lipinski definition) is 2. The number of hydrogen-bond donors (Lipinski definition) is 1. The van der Waals surface area contributed by atoms with Crippen LogP contribution in [0.1, 0.15) is 16.7 Å². The van der Waals surface area contributed by atoms with Gasteiger partial charge in [-0.05, 0) is 89.8 Å². The molecule has 0 fully saturated rings. The topological polar surface area (TPSA) is 15.3 Å². The molecular weight excluding hydrogens is 593 g/mol. The van der Waals surface area contributed by atoms with E-state index in [2.05, 4.69) is 181 Å². The third kappa shape index (κ3) is 9.57. The first-order chi connectivity index (χ1) is 24.2. The van der Waals surface area contributed by atoms with Crippen LogP contribution in [0.4, 0.5) is 28.4 Å². The molecule has 0 amide bonds. The highest BCUT2D eigenvalue weighted by atomic mass is 15.1. The molecule has 0 saturated carbocycles. The Kier molecular flexibility index (Phi) is 11.3. The quantitative estimate of drug-likeness (QED) is 0.159. The maximum absolute atomic E-state index is 3.52. The van der Waals surface area contributed by atoms with Crippen LogP contribution in [0.5, 0.6) is 0 Å². The summed E-state index contributed by atoms with van der Waals surface area (Å²) in [6.07, 6.45) is 8.36. The normalized spacial score (nSPS) is 10.8. The van der Waals surface area contributed by atoms with Crippen LogP contribution < -0.4 is 10.2 Å². The van der Waals surface area contributed by atoms with Gasteiger partial charge in [-0.1, -0.05) is 163 Å². The summed E-state index contributed by atoms with van der Waals surface area (Å²) in [5.74, 6) is 0. The second-order valence-corrected chi connectivity index (χ2v) is 11.7. The molecule has 7 aromatic rings. The summed E-state index contributed by atoms with van der Waals surface area (Å²) >= 11 is 0. The molecule has 238 valence electrons. The standard InChI is InChI=1S/C41H34N2.C6H6/c1-32-16-28-40(29-17-32)43(39-14-6-3-7-15-39)41-30-22-36(23-31-41)35-20-26-38(27-21-35)42-37-24-18-34(19-25-37)13-9-8-12-33-10-4-2-5-11-33;1-2-4-6-5-3-1/h2-31,42H,1H3;1-6H. The van der Waals surface area contributed by atoms with Crippen molar-refractivity contribution in [3.8, 4) is 11.1 Å². The van der Waals surface area contributed by atoms with Crippen molar-refractivity contribution in [1.29, 1.82) is 0 Å². The molecule has 7 aromatic carbocycles. The smallest absolute Gasteiger partial charge is 0.0462 e. The van der Waals surface area contributed by atoms with Crippen molar-refractivity contribution in [1.82, 2.24) is 0 Å². The van der Waals surface area contributed by atoms with Gasteiger partial charge in [0.25, 0.3) is 0 Å². The largest absolute Gasteiger partial charge is 0.356 e. The van der Waals surface area contributed by atoms with Crippen LogP contribution in [0.25, 0.3) is 23.3 Å². The van der Waals surface area contributed by atoms with Gasteiger partial charge in [-0.3, -0.25) is 0 Å². The molecule has 0 unspecified atom stereocenters. The second-order valence-electron chi connectivity index (χ2n) is 11.7. The highest BCUT2D eigenvalue weighted by Crippen LogP contribution is 2.35. The Morgan fingerprint density at radius 2 is 0.735 bits per heavy atom. The Morgan fingerprint density at radius 1 is 0.367 bits per heavy atom. The van der Waals surface area contributed by atoms with Gasteiger partial charge in [-0.15, -0.1) is 0 Å². The molecule has 0 aliphatic heterocycles. The zero-order chi connectivity index (χ0) is 33.5. The molecule has 49 heavy (non-hydrogen) atoms. The van der Waals surface area contributed by atoms with E-state index >= 15 is 0 Å². The first-order valence-corrected chi connectivity index (χ1v) is 16.6. The molecule has 2 heteroatoms. The highest BCUT2D eigenvalue weighted by Gasteiger charge is 2.12. The van der Waals surface area contributed by atoms with E-state index in [-0.39, 0.29) is 0 Å². The van der Waals surface area contributed by atoms with Crippen molar-refractivity contribution >= 4 is 40.6 Å². The Bertz CT molecular complexity index is 2000. The van der Waals surface area contributed by atoms with Gasteiger partial charge < -0.3 is 10.2 Å². The van der Waals surface area contributed by atoms with E-state index < -0.39 is 0 Å². The Balaban J connectivity index is 0.000000628. The third-order valence-corrected chi connectivity index (χ3v) is 8.00. The van der Waals surface area contributed by atoms with E-state index in [0.29, 0.717) is 0 Å². The number of rotatable bonds is 9. The van der Waals surface area contributed by atoms with Crippen molar-refractivity contribution in [2.24, 2.45) is 0 Å². The number of nitrogens with zero attached hydrogens (tertiary/aromatic N) is 1. The number of anilines is 5. The van der Waals surface area contributed by atoms with Crippen molar-refractivity contribution in [2.45, 2.75) is 6.92 Å². The van der Waals surface area contributed by atoms with Crippen molar-refractivity contribution in [3.05, 3.63) is 223 Å². The van der Waals surface area contributed by atoms with Gasteiger partial charge in [-0.2, -0.15) is 0 Å². The van der Waals surface area contributed by atoms with Crippen LogP contribution in [0.3, 0.4) is 0 Å². The molecule has 7 rings (SSSR count). The molecule has 0 saturated heterocycles. The molecule has 0 atom stereocenters. The van der Waals surface area contributed by atoms with Crippen LogP contribution in [0, 0.1) is 6.92 Å². The molecule has 2 nitrogen and oxygen atoms in total. The summed E-state index contributed by atoms with van der Waals surface area (Å²) < 4.78 is 0. The van der Waals surface area contributed by atoms with Crippen LogP contribution in [-0.2, 0) is 0 Å². The molecule has 0 radical (unpaired) electrons. The summed E-state index contributed by atoms with van der Waals surface area (Å²) in [6, 6.07) is 67.4. The molecule has 0 aromatic heterocycles. The Labute approximate surface area is 291 Å². The molecule has 1 N–H and O–H groups in total. The fourth-order valence-electron chi connectivity index (χ4n) is 5.39. The molecular formula is C47H40N2. The molecule has 0 aliphatic carbocycles. The predicted octanol–water partition coefficient (Wildman–Crippen LogP) is 13.3. The minimum absolute atomic E-state index is 1.06. The Morgan fingerprint density at radius 3 is 1.24 bits per heavy atom. The molecule has 0 aliphatic rings. The molecule has 0 spiro atoms. The van der Waals surface area contributed by atoms with Crippen molar-refractivity contribution in [3.63, 3.8) is 0 Å². The SMILES string of the molecule is Cc1ccc(N(c2ccccc2)c2ccc(-c3ccc(Nc4ccc(C=CC=Cc5ccccc5)cc4)cc3)cc2)cc1.c1ccccc1. The zero-order valence-electron chi connectivity index (χ0n) is 27.7. The van der Waals surface area contributed by atoms with Crippen LogP contribution >= 0.6 is 0 Å². The fraction of sp³-hybridized carbons (Fsp3) is 0.0213. The third-order valence-electron chi connectivity index (χ3n) is 8.00. The summed E-state index contributed by atoms with van der Waals surface area (Å²) in [7, 11) is 0. The minimum Gasteiger partial charge on any atom is -0.356 e. The monoisotopic (exact) mass is 632 g/mol. The minimum atomic E-state index is 1.06. The molecule has 0 heterocycles. The van der Waals surface area contributed by atoms with E-state index in [0.717, 1.165) is 34.0 Å². The van der Waals surface area contributed by atoms with E-state index in [1.165, 1.54) is 22.3 Å². The van der Waals surface area contributed by atoms with Gasteiger partial charge in [0.05, 0.1) is 0 Å². The van der Waals surface area contributed by atoms with Crippen LogP contribution in [0.15, 0.2) is 206 Å². The first kappa shape index (κ1) is 32.6. The summed E-state index contributed by atoms with van der Waals surface area (Å²) in [4.78, 5) is 2.29. The van der Waals surface area contributed by atoms with E-state index in [4.69, 9.17) is 0 Å². The summed E-state index contributed by atoms with van der Waals surface area (Å²) in [5, 5.41) is 3.52. The number of aryl methyl sites for hydroxylation is 1. The van der Waals surface area contributed by atoms with Crippen LogP contribution in [-0.4, -0.2) is 0 Å². The highest BCUT2D eigenvalue weighted by molar-refractivity contribution is 5.78. The van der Waals surface area contributed by atoms with Gasteiger partial charge in [0.15, 0.2) is 0 Å². The number of benzene rings is 7. The van der Waals surface area contributed by atoms with Crippen LogP contribution in [0.2, 0.25) is 0 Å². The Hall–Kier alpha value is -6.38. The summed E-state index contributed by atoms with van der Waals surface area (Å²) in [5.41, 5.74) is 11.5. The number of nitrogens with one attached hydrogen (secondary N) is 1. The van der Waals surface area contributed by atoms with Gasteiger partial charge in [0, 0.05) is 28.4 Å². The van der Waals surface area contributed by atoms with Crippen molar-refractivity contribution < 1.29 is 0 Å². The van der Waals surface area contributed by atoms with Gasteiger partial charge in [0.2, 0.25) is 0 Å². The second kappa shape index (κ2) is 17.0. The van der Waals surface area contributed by atoms with E-state index in [9.17, 15) is 0 Å². The lowest BCUT2D eigenvalue weighted by Gasteiger charge is -2.25. The van der Waals surface area contributed by atoms with E-state index in [1.807, 2.05) is 54.6 Å². The first-order valence-electron chi connectivity index (χ1n) is 16.6. The average molecular weight is 633 g/mol. The lowest BCUT2D eigenvalue weighted by atomic mass is 10.0. The van der Waals surface area contributed by atoms with Gasteiger partial charge >= 0.3 is 0 Å². The number of para-hydroxylation sites is 1. The lowest BCUT2D eigenvalue weighted by molar-refractivity contribution is 1.27. The predicted molar refractivity (Wildman–Crippen MR) is 212 cm³/mol. The van der Waals surface area contributed by atoms with Crippen molar-refractivity contribution in [2.75, 3.05) is 10.2 Å². The maximum Gasteiger partial charge on any atom is 0.0462 e. The van der Waals surface area contributed by atoms with Gasteiger partial charge in [-0.25, -0.2) is 0 Å². The average Bonchev–Trinajstić information content (AvgIpc) is 3.17. The zero-order valence-corrected chi connectivity index (χ0v) is 27.7. The number of allylic oxidation sites excluding steroid dienone is 2.